The molecule has 1 saturated carbocycles. The minimum atomic E-state index is -0.999. The van der Waals surface area contributed by atoms with Gasteiger partial charge in [-0.05, 0) is 48.4 Å². The van der Waals surface area contributed by atoms with Gasteiger partial charge in [-0.2, -0.15) is 0 Å². The average molecular weight is 380 g/mol. The first kappa shape index (κ1) is 19.6. The second-order valence-corrected chi connectivity index (χ2v) is 7.09. The highest BCUT2D eigenvalue weighted by atomic mass is 16.4. The number of carbonyl (C=O) groups is 3. The molecule has 0 aromatic heterocycles. The summed E-state index contributed by atoms with van der Waals surface area (Å²) < 4.78 is 0. The van der Waals surface area contributed by atoms with Crippen molar-refractivity contribution >= 4 is 17.8 Å². The standard InChI is InChI=1S/C22H24N2O4/c25-20(26)13-12-19(22(28)23-14-15-6-7-15)24-21(27)18-10-8-17(9-11-18)16-4-2-1-3-5-16/h1-5,8-11,15,19H,6-7,12-14H2,(H,23,28)(H,24,27)(H,25,26)/t19-/m0/s1. The zero-order chi connectivity index (χ0) is 19.9. The van der Waals surface area contributed by atoms with Gasteiger partial charge in [0.1, 0.15) is 6.04 Å². The van der Waals surface area contributed by atoms with E-state index in [9.17, 15) is 14.4 Å². The van der Waals surface area contributed by atoms with Crippen molar-refractivity contribution in [3.05, 3.63) is 60.2 Å². The third-order valence-electron chi connectivity index (χ3n) is 4.78. The van der Waals surface area contributed by atoms with Crippen LogP contribution >= 0.6 is 0 Å². The lowest BCUT2D eigenvalue weighted by atomic mass is 10.0. The van der Waals surface area contributed by atoms with Gasteiger partial charge in [0, 0.05) is 18.5 Å². The zero-order valence-electron chi connectivity index (χ0n) is 15.6. The molecule has 2 amide bonds. The third-order valence-corrected chi connectivity index (χ3v) is 4.78. The summed E-state index contributed by atoms with van der Waals surface area (Å²) >= 11 is 0. The molecule has 6 heteroatoms. The van der Waals surface area contributed by atoms with Gasteiger partial charge in [-0.25, -0.2) is 0 Å². The predicted octanol–water partition coefficient (Wildman–Crippen LogP) is 2.84. The molecule has 0 radical (unpaired) electrons. The third kappa shape index (κ3) is 5.67. The number of carbonyl (C=O) groups excluding carboxylic acids is 2. The average Bonchev–Trinajstić information content (AvgIpc) is 3.54. The van der Waals surface area contributed by atoms with Crippen LogP contribution in [0, 0.1) is 5.92 Å². The van der Waals surface area contributed by atoms with E-state index < -0.39 is 17.9 Å². The Morgan fingerprint density at radius 2 is 1.61 bits per heavy atom. The van der Waals surface area contributed by atoms with E-state index in [1.54, 1.807) is 12.1 Å². The van der Waals surface area contributed by atoms with Crippen LogP contribution in [0.4, 0.5) is 0 Å². The molecule has 28 heavy (non-hydrogen) atoms. The topological polar surface area (TPSA) is 95.5 Å². The summed E-state index contributed by atoms with van der Waals surface area (Å²) in [5, 5.41) is 14.4. The Bertz CT molecular complexity index is 829. The van der Waals surface area contributed by atoms with Crippen molar-refractivity contribution in [2.45, 2.75) is 31.7 Å². The number of aliphatic carboxylic acids is 1. The molecule has 6 nitrogen and oxygen atoms in total. The second kappa shape index (κ2) is 9.17. The van der Waals surface area contributed by atoms with Crippen LogP contribution in [-0.4, -0.2) is 35.5 Å². The fourth-order valence-corrected chi connectivity index (χ4v) is 2.91. The highest BCUT2D eigenvalue weighted by Gasteiger charge is 2.26. The number of benzene rings is 2. The Labute approximate surface area is 164 Å². The summed E-state index contributed by atoms with van der Waals surface area (Å²) in [5.74, 6) is -1.22. The van der Waals surface area contributed by atoms with Gasteiger partial charge < -0.3 is 15.7 Å². The van der Waals surface area contributed by atoms with Crippen LogP contribution in [0.5, 0.6) is 0 Å². The summed E-state index contributed by atoms with van der Waals surface area (Å²) in [6, 6.07) is 16.1. The summed E-state index contributed by atoms with van der Waals surface area (Å²) in [5.41, 5.74) is 2.46. The predicted molar refractivity (Wildman–Crippen MR) is 106 cm³/mol. The molecular formula is C22H24N2O4. The van der Waals surface area contributed by atoms with Crippen LogP contribution in [0.15, 0.2) is 54.6 Å². The maximum absolute atomic E-state index is 12.6. The molecule has 0 aliphatic heterocycles. The van der Waals surface area contributed by atoms with Crippen LogP contribution in [0.3, 0.4) is 0 Å². The van der Waals surface area contributed by atoms with Crippen molar-refractivity contribution in [2.24, 2.45) is 5.92 Å². The van der Waals surface area contributed by atoms with E-state index in [4.69, 9.17) is 5.11 Å². The summed E-state index contributed by atoms with van der Waals surface area (Å²) in [6.45, 7) is 0.573. The largest absolute Gasteiger partial charge is 0.481 e. The Hall–Kier alpha value is -3.15. The Kier molecular flexibility index (Phi) is 6.42. The number of hydrogen-bond donors (Lipinski definition) is 3. The highest BCUT2D eigenvalue weighted by molar-refractivity contribution is 5.98. The maximum Gasteiger partial charge on any atom is 0.303 e. The van der Waals surface area contributed by atoms with Crippen LogP contribution in [0.1, 0.15) is 36.0 Å². The summed E-state index contributed by atoms with van der Waals surface area (Å²) in [6.07, 6.45) is 2.06. The van der Waals surface area contributed by atoms with E-state index in [1.807, 2.05) is 42.5 Å². The van der Waals surface area contributed by atoms with E-state index >= 15 is 0 Å². The van der Waals surface area contributed by atoms with Gasteiger partial charge in [-0.1, -0.05) is 42.5 Å². The molecule has 0 bridgehead atoms. The van der Waals surface area contributed by atoms with Crippen LogP contribution < -0.4 is 10.6 Å². The fourth-order valence-electron chi connectivity index (χ4n) is 2.91. The van der Waals surface area contributed by atoms with Gasteiger partial charge in [0.2, 0.25) is 5.91 Å². The van der Waals surface area contributed by atoms with Gasteiger partial charge in [-0.15, -0.1) is 0 Å². The lowest BCUT2D eigenvalue weighted by Gasteiger charge is -2.18. The van der Waals surface area contributed by atoms with Crippen molar-refractivity contribution < 1.29 is 19.5 Å². The number of amides is 2. The Balaban J connectivity index is 1.64. The molecule has 0 unspecified atom stereocenters. The lowest BCUT2D eigenvalue weighted by molar-refractivity contribution is -0.137. The molecule has 2 aromatic carbocycles. The quantitative estimate of drug-likeness (QED) is 0.623. The Morgan fingerprint density at radius 1 is 0.964 bits per heavy atom. The number of rotatable bonds is 9. The van der Waals surface area contributed by atoms with Gasteiger partial charge in [0.25, 0.3) is 5.91 Å². The second-order valence-electron chi connectivity index (χ2n) is 7.09. The van der Waals surface area contributed by atoms with Crippen LogP contribution in [-0.2, 0) is 9.59 Å². The summed E-state index contributed by atoms with van der Waals surface area (Å²) in [7, 11) is 0. The molecule has 3 N–H and O–H groups in total. The molecule has 3 rings (SSSR count). The van der Waals surface area contributed by atoms with E-state index in [-0.39, 0.29) is 18.7 Å². The van der Waals surface area contributed by atoms with Crippen LogP contribution in [0.25, 0.3) is 11.1 Å². The number of hydrogen-bond acceptors (Lipinski definition) is 3. The fraction of sp³-hybridized carbons (Fsp3) is 0.318. The molecule has 146 valence electrons. The van der Waals surface area contributed by atoms with Gasteiger partial charge in [-0.3, -0.25) is 14.4 Å². The minimum Gasteiger partial charge on any atom is -0.481 e. The number of carboxylic acids is 1. The molecule has 1 aliphatic carbocycles. The number of carboxylic acid groups (broad SMARTS) is 1. The molecule has 1 aliphatic rings. The molecule has 0 spiro atoms. The van der Waals surface area contributed by atoms with Crippen molar-refractivity contribution in [3.8, 4) is 11.1 Å². The normalized spacial score (nSPS) is 14.1. The van der Waals surface area contributed by atoms with Crippen LogP contribution in [0.2, 0.25) is 0 Å². The molecule has 0 heterocycles. The maximum atomic E-state index is 12.6. The van der Waals surface area contributed by atoms with E-state index in [0.717, 1.165) is 24.0 Å². The van der Waals surface area contributed by atoms with E-state index in [1.165, 1.54) is 0 Å². The first-order valence-electron chi connectivity index (χ1n) is 9.49. The van der Waals surface area contributed by atoms with Gasteiger partial charge in [0.05, 0.1) is 0 Å². The first-order valence-corrected chi connectivity index (χ1v) is 9.49. The zero-order valence-corrected chi connectivity index (χ0v) is 15.6. The van der Waals surface area contributed by atoms with Gasteiger partial charge >= 0.3 is 5.97 Å². The SMILES string of the molecule is O=C(O)CC[C@H](NC(=O)c1ccc(-c2ccccc2)cc1)C(=O)NCC1CC1. The minimum absolute atomic E-state index is 0.0552. The first-order chi connectivity index (χ1) is 13.5. The highest BCUT2D eigenvalue weighted by Crippen LogP contribution is 2.27. The molecule has 1 atom stereocenters. The molecule has 1 fully saturated rings. The lowest BCUT2D eigenvalue weighted by Crippen LogP contribution is -2.47. The summed E-state index contributed by atoms with van der Waals surface area (Å²) in [4.78, 5) is 35.8. The van der Waals surface area contributed by atoms with Crippen molar-refractivity contribution in [1.29, 1.82) is 0 Å². The molecular weight excluding hydrogens is 356 g/mol. The smallest absolute Gasteiger partial charge is 0.303 e. The van der Waals surface area contributed by atoms with E-state index in [2.05, 4.69) is 10.6 Å². The van der Waals surface area contributed by atoms with Crippen molar-refractivity contribution in [3.63, 3.8) is 0 Å². The number of nitrogens with one attached hydrogen (secondary N) is 2. The molecule has 2 aromatic rings. The van der Waals surface area contributed by atoms with Crippen molar-refractivity contribution in [1.82, 2.24) is 10.6 Å². The monoisotopic (exact) mass is 380 g/mol. The Morgan fingerprint density at radius 3 is 2.21 bits per heavy atom. The van der Waals surface area contributed by atoms with Gasteiger partial charge in [0.15, 0.2) is 0 Å². The van der Waals surface area contributed by atoms with E-state index in [0.29, 0.717) is 18.0 Å². The molecule has 0 saturated heterocycles. The van der Waals surface area contributed by atoms with Crippen molar-refractivity contribution in [2.75, 3.05) is 6.54 Å².